The topological polar surface area (TPSA) is 170 Å². The molecule has 200 valence electrons. The van der Waals surface area contributed by atoms with Gasteiger partial charge in [-0.15, -0.1) is 0 Å². The molecule has 14 heteroatoms. The highest BCUT2D eigenvalue weighted by molar-refractivity contribution is 5.95. The first-order valence-corrected chi connectivity index (χ1v) is 12.1. The summed E-state index contributed by atoms with van der Waals surface area (Å²) in [7, 11) is 0. The number of amides is 3. The van der Waals surface area contributed by atoms with Gasteiger partial charge in [0.25, 0.3) is 0 Å². The van der Waals surface area contributed by atoms with Gasteiger partial charge in [0, 0.05) is 19.0 Å². The Morgan fingerprint density at radius 2 is 1.84 bits per heavy atom. The summed E-state index contributed by atoms with van der Waals surface area (Å²) in [5, 5.41) is 14.6. The van der Waals surface area contributed by atoms with Crippen LogP contribution in [0.5, 0.6) is 0 Å². The molecule has 3 amide bonds. The summed E-state index contributed by atoms with van der Waals surface area (Å²) in [5.74, 6) is -1.32. The Bertz CT molecular complexity index is 1330. The summed E-state index contributed by atoms with van der Waals surface area (Å²) in [4.78, 5) is 49.6. The number of imidazole rings is 1. The van der Waals surface area contributed by atoms with E-state index in [1.807, 2.05) is 30.3 Å². The number of nitrogens with one attached hydrogen (secondary N) is 2. The minimum Gasteiger partial charge on any atom is -0.480 e. The molecule has 3 N–H and O–H groups in total. The van der Waals surface area contributed by atoms with Crippen LogP contribution < -0.4 is 10.6 Å². The largest absolute Gasteiger partial charge is 0.480 e. The first-order valence-electron chi connectivity index (χ1n) is 12.1. The lowest BCUT2D eigenvalue weighted by molar-refractivity contribution is -0.157. The number of benzene rings is 1. The van der Waals surface area contributed by atoms with Crippen LogP contribution in [-0.2, 0) is 23.8 Å². The SMILES string of the molecule is CCNC(=O)Nc1ncnc2c1ncn2C1OC(CN(CC(=O)O)C(C)=O)C2O[C@H](c3ccccc3)OC21. The molecule has 0 bridgehead atoms. The number of anilines is 1. The van der Waals surface area contributed by atoms with Crippen molar-refractivity contribution in [2.45, 2.75) is 44.7 Å². The molecule has 3 aromatic rings. The Kier molecular flexibility index (Phi) is 7.18. The Labute approximate surface area is 216 Å². The normalized spacial score (nSPS) is 24.2. The second kappa shape index (κ2) is 10.7. The zero-order valence-electron chi connectivity index (χ0n) is 20.7. The van der Waals surface area contributed by atoms with Crippen molar-refractivity contribution in [3.05, 3.63) is 48.5 Å². The van der Waals surface area contributed by atoms with Crippen molar-refractivity contribution in [2.24, 2.45) is 0 Å². The molecule has 0 spiro atoms. The predicted octanol–water partition coefficient (Wildman–Crippen LogP) is 1.28. The molecule has 0 saturated carbocycles. The van der Waals surface area contributed by atoms with Gasteiger partial charge in [-0.1, -0.05) is 30.3 Å². The van der Waals surface area contributed by atoms with E-state index in [0.717, 1.165) is 5.56 Å². The first-order chi connectivity index (χ1) is 18.4. The lowest BCUT2D eigenvalue weighted by Crippen LogP contribution is -2.43. The van der Waals surface area contributed by atoms with Crippen LogP contribution in [0, 0.1) is 0 Å². The van der Waals surface area contributed by atoms with Crippen LogP contribution in [0.4, 0.5) is 10.6 Å². The zero-order chi connectivity index (χ0) is 26.8. The number of carboxylic acid groups (broad SMARTS) is 1. The number of aromatic nitrogens is 4. The van der Waals surface area contributed by atoms with E-state index in [1.54, 1.807) is 11.5 Å². The van der Waals surface area contributed by atoms with Gasteiger partial charge in [-0.2, -0.15) is 0 Å². The molecular formula is C24H27N7O7. The molecule has 2 saturated heterocycles. The third kappa shape index (κ3) is 5.01. The number of carboxylic acids is 1. The summed E-state index contributed by atoms with van der Waals surface area (Å²) in [6.07, 6.45) is -0.599. The first kappa shape index (κ1) is 25.5. The number of ether oxygens (including phenoxy) is 3. The van der Waals surface area contributed by atoms with Gasteiger partial charge >= 0.3 is 12.0 Å². The number of rotatable bonds is 8. The number of hydrogen-bond donors (Lipinski definition) is 3. The molecule has 0 radical (unpaired) electrons. The molecular weight excluding hydrogens is 498 g/mol. The zero-order valence-corrected chi connectivity index (χ0v) is 20.7. The van der Waals surface area contributed by atoms with E-state index < -0.39 is 55.3 Å². The fourth-order valence-corrected chi connectivity index (χ4v) is 4.60. The van der Waals surface area contributed by atoms with E-state index in [-0.39, 0.29) is 12.4 Å². The summed E-state index contributed by atoms with van der Waals surface area (Å²) in [6.45, 7) is 3.04. The van der Waals surface area contributed by atoms with Gasteiger partial charge in [-0.25, -0.2) is 19.7 Å². The van der Waals surface area contributed by atoms with Crippen LogP contribution in [0.2, 0.25) is 0 Å². The van der Waals surface area contributed by atoms with Crippen LogP contribution in [0.1, 0.15) is 31.9 Å². The van der Waals surface area contributed by atoms with E-state index in [2.05, 4.69) is 25.6 Å². The second-order valence-electron chi connectivity index (χ2n) is 8.83. The molecule has 2 aliphatic heterocycles. The molecule has 2 fully saturated rings. The van der Waals surface area contributed by atoms with E-state index in [0.29, 0.717) is 17.7 Å². The highest BCUT2D eigenvalue weighted by atomic mass is 16.8. The number of carbonyl (C=O) groups is 3. The maximum Gasteiger partial charge on any atom is 0.323 e. The van der Waals surface area contributed by atoms with Crippen LogP contribution in [0.25, 0.3) is 11.2 Å². The monoisotopic (exact) mass is 525 g/mol. The number of carbonyl (C=O) groups excluding carboxylic acids is 2. The van der Waals surface area contributed by atoms with Crippen LogP contribution in [0.3, 0.4) is 0 Å². The smallest absolute Gasteiger partial charge is 0.323 e. The lowest BCUT2D eigenvalue weighted by atomic mass is 10.1. The van der Waals surface area contributed by atoms with Gasteiger partial charge in [0.2, 0.25) is 5.91 Å². The van der Waals surface area contributed by atoms with Crippen LogP contribution in [-0.4, -0.2) is 85.4 Å². The standard InChI is InChI=1S/C24H27N7O7/c1-3-25-24(35)29-20-17-21(27-11-26-20)31(12-28-17)22-19-18(37-23(38-19)14-7-5-4-6-8-14)15(36-22)9-30(13(2)32)10-16(33)34/h4-8,11-12,15,18-19,22-23H,3,9-10H2,1-2H3,(H,33,34)(H2,25,26,27,29,35)/t15?,18?,19?,22?,23-/m0/s1. The Balaban J connectivity index is 1.47. The number of fused-ring (bicyclic) bond motifs is 2. The van der Waals surface area contributed by atoms with Crippen molar-refractivity contribution in [1.82, 2.24) is 29.7 Å². The number of hydrogen-bond acceptors (Lipinski definition) is 9. The maximum atomic E-state index is 12.2. The summed E-state index contributed by atoms with van der Waals surface area (Å²) in [6, 6.07) is 8.95. The maximum absolute atomic E-state index is 12.2. The fourth-order valence-electron chi connectivity index (χ4n) is 4.60. The summed E-state index contributed by atoms with van der Waals surface area (Å²) in [5.41, 5.74) is 1.54. The van der Waals surface area contributed by atoms with Gasteiger partial charge in [0.1, 0.15) is 31.2 Å². The van der Waals surface area contributed by atoms with Crippen molar-refractivity contribution in [1.29, 1.82) is 0 Å². The highest BCUT2D eigenvalue weighted by Crippen LogP contribution is 2.45. The van der Waals surface area contributed by atoms with Gasteiger partial charge in [-0.3, -0.25) is 19.5 Å². The Morgan fingerprint density at radius 3 is 2.55 bits per heavy atom. The predicted molar refractivity (Wildman–Crippen MR) is 131 cm³/mol. The Hall–Kier alpha value is -4.14. The summed E-state index contributed by atoms with van der Waals surface area (Å²) >= 11 is 0. The molecule has 5 rings (SSSR count). The quantitative estimate of drug-likeness (QED) is 0.389. The summed E-state index contributed by atoms with van der Waals surface area (Å²) < 4.78 is 20.5. The third-order valence-corrected chi connectivity index (χ3v) is 6.29. The number of aliphatic carboxylic acids is 1. The van der Waals surface area contributed by atoms with E-state index >= 15 is 0 Å². The van der Waals surface area contributed by atoms with Crippen molar-refractivity contribution in [3.8, 4) is 0 Å². The van der Waals surface area contributed by atoms with Crippen LogP contribution in [0.15, 0.2) is 43.0 Å². The average Bonchev–Trinajstić information content (AvgIpc) is 3.59. The van der Waals surface area contributed by atoms with Crippen LogP contribution >= 0.6 is 0 Å². The van der Waals surface area contributed by atoms with Crippen molar-refractivity contribution < 1.29 is 33.7 Å². The minimum absolute atomic E-state index is 0.0181. The van der Waals surface area contributed by atoms with Gasteiger partial charge in [-0.05, 0) is 6.92 Å². The van der Waals surface area contributed by atoms with Gasteiger partial charge < -0.3 is 29.5 Å². The molecule has 2 aliphatic rings. The molecule has 5 atom stereocenters. The number of nitrogens with zero attached hydrogens (tertiary/aromatic N) is 5. The molecule has 4 unspecified atom stereocenters. The van der Waals surface area contributed by atoms with E-state index in [4.69, 9.17) is 14.2 Å². The molecule has 38 heavy (non-hydrogen) atoms. The highest BCUT2D eigenvalue weighted by Gasteiger charge is 2.54. The van der Waals surface area contributed by atoms with Crippen molar-refractivity contribution in [2.75, 3.05) is 25.0 Å². The molecule has 4 heterocycles. The molecule has 1 aromatic carbocycles. The molecule has 2 aromatic heterocycles. The third-order valence-electron chi connectivity index (χ3n) is 6.29. The average molecular weight is 526 g/mol. The molecule has 0 aliphatic carbocycles. The van der Waals surface area contributed by atoms with E-state index in [9.17, 15) is 19.5 Å². The minimum atomic E-state index is -1.14. The van der Waals surface area contributed by atoms with E-state index in [1.165, 1.54) is 24.5 Å². The second-order valence-corrected chi connectivity index (χ2v) is 8.83. The van der Waals surface area contributed by atoms with Crippen molar-refractivity contribution in [3.63, 3.8) is 0 Å². The molecule has 14 nitrogen and oxygen atoms in total. The lowest BCUT2D eigenvalue weighted by Gasteiger charge is -2.26. The fraction of sp³-hybridized carbons (Fsp3) is 0.417. The Morgan fingerprint density at radius 1 is 1.08 bits per heavy atom. The number of urea groups is 1. The van der Waals surface area contributed by atoms with Gasteiger partial charge in [0.05, 0.1) is 12.9 Å². The van der Waals surface area contributed by atoms with Crippen molar-refractivity contribution >= 4 is 34.9 Å². The van der Waals surface area contributed by atoms with Gasteiger partial charge in [0.15, 0.2) is 29.5 Å².